The minimum absolute atomic E-state index is 0.253. The highest BCUT2D eigenvalue weighted by Crippen LogP contribution is 2.32. The maximum atomic E-state index is 9.25. The number of nitrogens with one attached hydrogen (secondary N) is 1. The van der Waals surface area contributed by atoms with Gasteiger partial charge in [0, 0.05) is 18.8 Å². The third-order valence-corrected chi connectivity index (χ3v) is 3.58. The van der Waals surface area contributed by atoms with Gasteiger partial charge in [-0.1, -0.05) is 30.3 Å². The Morgan fingerprint density at radius 1 is 1.05 bits per heavy atom. The topological polar surface area (TPSA) is 39.1 Å². The van der Waals surface area contributed by atoms with Crippen molar-refractivity contribution in [1.29, 1.82) is 5.26 Å². The van der Waals surface area contributed by atoms with Crippen molar-refractivity contribution in [1.82, 2.24) is 5.32 Å². The molecule has 3 heteroatoms. The van der Waals surface area contributed by atoms with E-state index in [4.69, 9.17) is 0 Å². The van der Waals surface area contributed by atoms with Crippen LogP contribution in [0.1, 0.15) is 24.1 Å². The van der Waals surface area contributed by atoms with E-state index in [-0.39, 0.29) is 6.04 Å². The van der Waals surface area contributed by atoms with Crippen LogP contribution in [0.25, 0.3) is 0 Å². The number of nitriles is 1. The van der Waals surface area contributed by atoms with Crippen LogP contribution in [0.2, 0.25) is 0 Å². The molecule has 0 radical (unpaired) electrons. The first-order chi connectivity index (χ1) is 9.69. The number of anilines is 2. The molecule has 0 bridgehead atoms. The number of nitrogens with zero attached hydrogens (tertiary/aromatic N) is 2. The molecular weight excluding hydrogens is 246 g/mol. The van der Waals surface area contributed by atoms with Crippen LogP contribution in [0.4, 0.5) is 11.4 Å². The Bertz CT molecular complexity index is 628. The summed E-state index contributed by atoms with van der Waals surface area (Å²) in [6.07, 6.45) is 0. The van der Waals surface area contributed by atoms with E-state index >= 15 is 0 Å². The lowest BCUT2D eigenvalue weighted by Gasteiger charge is -2.25. The van der Waals surface area contributed by atoms with Gasteiger partial charge >= 0.3 is 0 Å². The van der Waals surface area contributed by atoms with Crippen molar-refractivity contribution < 1.29 is 0 Å². The average molecular weight is 265 g/mol. The number of rotatable bonds is 4. The lowest BCUT2D eigenvalue weighted by molar-refractivity contribution is 0.652. The van der Waals surface area contributed by atoms with Gasteiger partial charge in [0.05, 0.1) is 11.3 Å². The standard InChI is InChI=1S/C17H19N3/c1-13(19-2)15-9-5-7-11-17(15)20(3)16-10-6-4-8-14(16)12-18/h4-11,13,19H,1-3H3. The van der Waals surface area contributed by atoms with E-state index in [9.17, 15) is 5.26 Å². The fourth-order valence-electron chi connectivity index (χ4n) is 2.31. The second-order valence-corrected chi connectivity index (χ2v) is 4.76. The molecule has 1 unspecified atom stereocenters. The molecule has 3 nitrogen and oxygen atoms in total. The molecule has 0 saturated heterocycles. The highest BCUT2D eigenvalue weighted by molar-refractivity contribution is 5.71. The third kappa shape index (κ3) is 2.66. The summed E-state index contributed by atoms with van der Waals surface area (Å²) in [5, 5.41) is 12.5. The molecule has 0 aliphatic heterocycles. The fraction of sp³-hybridized carbons (Fsp3) is 0.235. The smallest absolute Gasteiger partial charge is 0.101 e. The van der Waals surface area contributed by atoms with E-state index in [0.29, 0.717) is 5.56 Å². The van der Waals surface area contributed by atoms with Gasteiger partial charge in [0.25, 0.3) is 0 Å². The first kappa shape index (κ1) is 14.1. The highest BCUT2D eigenvalue weighted by atomic mass is 15.1. The van der Waals surface area contributed by atoms with Crippen molar-refractivity contribution in [2.24, 2.45) is 0 Å². The zero-order valence-corrected chi connectivity index (χ0v) is 12.1. The van der Waals surface area contributed by atoms with Gasteiger partial charge in [-0.15, -0.1) is 0 Å². The second-order valence-electron chi connectivity index (χ2n) is 4.76. The van der Waals surface area contributed by atoms with Crippen molar-refractivity contribution >= 4 is 11.4 Å². The summed E-state index contributed by atoms with van der Waals surface area (Å²) in [7, 11) is 3.95. The zero-order chi connectivity index (χ0) is 14.5. The van der Waals surface area contributed by atoms with Crippen LogP contribution in [-0.2, 0) is 0 Å². The number of benzene rings is 2. The summed E-state index contributed by atoms with van der Waals surface area (Å²) >= 11 is 0. The normalized spacial score (nSPS) is 11.7. The van der Waals surface area contributed by atoms with Crippen LogP contribution in [0.15, 0.2) is 48.5 Å². The molecule has 0 heterocycles. The van der Waals surface area contributed by atoms with Crippen LogP contribution < -0.4 is 10.2 Å². The van der Waals surface area contributed by atoms with Crippen LogP contribution in [0, 0.1) is 11.3 Å². The van der Waals surface area contributed by atoms with Gasteiger partial charge < -0.3 is 10.2 Å². The maximum absolute atomic E-state index is 9.25. The quantitative estimate of drug-likeness (QED) is 0.918. The number of hydrogen-bond donors (Lipinski definition) is 1. The van der Waals surface area contributed by atoms with Crippen LogP contribution in [0.5, 0.6) is 0 Å². The number of para-hydroxylation sites is 2. The molecule has 1 atom stereocenters. The summed E-state index contributed by atoms with van der Waals surface area (Å²) in [6.45, 7) is 2.13. The van der Waals surface area contributed by atoms with E-state index in [1.165, 1.54) is 5.56 Å². The Hall–Kier alpha value is -2.31. The van der Waals surface area contributed by atoms with Crippen LogP contribution in [-0.4, -0.2) is 14.1 Å². The molecule has 0 spiro atoms. The first-order valence-corrected chi connectivity index (χ1v) is 6.68. The van der Waals surface area contributed by atoms with Crippen LogP contribution in [0.3, 0.4) is 0 Å². The molecule has 0 aliphatic rings. The molecule has 2 aromatic rings. The van der Waals surface area contributed by atoms with Gasteiger partial charge in [-0.3, -0.25) is 0 Å². The van der Waals surface area contributed by atoms with Gasteiger partial charge in [0.15, 0.2) is 0 Å². The van der Waals surface area contributed by atoms with Gasteiger partial charge in [-0.25, -0.2) is 0 Å². The average Bonchev–Trinajstić information content (AvgIpc) is 2.53. The Kier molecular flexibility index (Phi) is 4.39. The van der Waals surface area contributed by atoms with Gasteiger partial charge in [0.2, 0.25) is 0 Å². The largest absolute Gasteiger partial charge is 0.343 e. The Morgan fingerprint density at radius 3 is 2.30 bits per heavy atom. The van der Waals surface area contributed by atoms with E-state index < -0.39 is 0 Å². The predicted molar refractivity (Wildman–Crippen MR) is 83.1 cm³/mol. The first-order valence-electron chi connectivity index (χ1n) is 6.68. The van der Waals surface area contributed by atoms with E-state index in [1.807, 2.05) is 50.5 Å². The molecular formula is C17H19N3. The van der Waals surface area contributed by atoms with Crippen molar-refractivity contribution in [2.45, 2.75) is 13.0 Å². The lowest BCUT2D eigenvalue weighted by atomic mass is 10.0. The minimum Gasteiger partial charge on any atom is -0.343 e. The Balaban J connectivity index is 2.49. The highest BCUT2D eigenvalue weighted by Gasteiger charge is 2.14. The molecule has 20 heavy (non-hydrogen) atoms. The fourth-order valence-corrected chi connectivity index (χ4v) is 2.31. The molecule has 2 rings (SSSR count). The molecule has 0 aliphatic carbocycles. The summed E-state index contributed by atoms with van der Waals surface area (Å²) in [5.41, 5.74) is 3.93. The molecule has 0 fully saturated rings. The monoisotopic (exact) mass is 265 g/mol. The Morgan fingerprint density at radius 2 is 1.65 bits per heavy atom. The zero-order valence-electron chi connectivity index (χ0n) is 12.1. The molecule has 2 aromatic carbocycles. The van der Waals surface area contributed by atoms with E-state index in [0.717, 1.165) is 11.4 Å². The van der Waals surface area contributed by atoms with Crippen LogP contribution >= 0.6 is 0 Å². The molecule has 102 valence electrons. The second kappa shape index (κ2) is 6.23. The third-order valence-electron chi connectivity index (χ3n) is 3.58. The van der Waals surface area contributed by atoms with Gasteiger partial charge in [0.1, 0.15) is 6.07 Å². The van der Waals surface area contributed by atoms with Crippen molar-refractivity contribution in [3.05, 3.63) is 59.7 Å². The lowest BCUT2D eigenvalue weighted by Crippen LogP contribution is -2.18. The van der Waals surface area contributed by atoms with Gasteiger partial charge in [-0.05, 0) is 37.7 Å². The van der Waals surface area contributed by atoms with Crippen molar-refractivity contribution in [3.63, 3.8) is 0 Å². The molecule has 0 saturated carbocycles. The maximum Gasteiger partial charge on any atom is 0.101 e. The molecule has 1 N–H and O–H groups in total. The Labute approximate surface area is 120 Å². The van der Waals surface area contributed by atoms with Gasteiger partial charge in [-0.2, -0.15) is 5.26 Å². The molecule has 0 aromatic heterocycles. The predicted octanol–water partition coefficient (Wildman–Crippen LogP) is 3.61. The van der Waals surface area contributed by atoms with Crippen molar-refractivity contribution in [3.8, 4) is 6.07 Å². The van der Waals surface area contributed by atoms with Crippen molar-refractivity contribution in [2.75, 3.05) is 19.0 Å². The number of hydrogen-bond acceptors (Lipinski definition) is 3. The SMILES string of the molecule is CNC(C)c1ccccc1N(C)c1ccccc1C#N. The summed E-state index contributed by atoms with van der Waals surface area (Å²) in [6, 6.07) is 18.4. The molecule has 0 amide bonds. The van der Waals surface area contributed by atoms with E-state index in [2.05, 4.69) is 35.3 Å². The summed E-state index contributed by atoms with van der Waals surface area (Å²) in [4.78, 5) is 2.07. The van der Waals surface area contributed by atoms with E-state index in [1.54, 1.807) is 0 Å². The minimum atomic E-state index is 0.253. The summed E-state index contributed by atoms with van der Waals surface area (Å²) in [5.74, 6) is 0. The summed E-state index contributed by atoms with van der Waals surface area (Å²) < 4.78 is 0.